The summed E-state index contributed by atoms with van der Waals surface area (Å²) in [7, 11) is -3.78. The maximum absolute atomic E-state index is 11.8. The van der Waals surface area contributed by atoms with Gasteiger partial charge >= 0.3 is 0 Å². The number of sulfonamides is 1. The number of benzene rings is 3. The molecule has 0 spiro atoms. The second-order valence-corrected chi connectivity index (χ2v) is 11.5. The molecule has 1 aromatic heterocycles. The number of imidazole rings is 1. The lowest BCUT2D eigenvalue weighted by Crippen LogP contribution is -2.24. The van der Waals surface area contributed by atoms with Crippen LogP contribution in [0.25, 0.3) is 11.4 Å². The van der Waals surface area contributed by atoms with E-state index in [0.717, 1.165) is 53.3 Å². The molecule has 3 N–H and O–H groups in total. The van der Waals surface area contributed by atoms with Crippen molar-refractivity contribution in [3.05, 3.63) is 89.6 Å². The molecule has 0 saturated heterocycles. The lowest BCUT2D eigenvalue weighted by Gasteiger charge is -2.25. The molecule has 3 aromatic carbocycles. The molecule has 0 aliphatic carbocycles. The second-order valence-electron chi connectivity index (χ2n) is 9.89. The summed E-state index contributed by atoms with van der Waals surface area (Å²) in [6, 6.07) is 22.3. The van der Waals surface area contributed by atoms with E-state index in [1.165, 1.54) is 12.1 Å². The van der Waals surface area contributed by atoms with Gasteiger partial charge in [0.25, 0.3) is 0 Å². The third-order valence-electron chi connectivity index (χ3n) is 6.86. The van der Waals surface area contributed by atoms with Crippen LogP contribution in [0.15, 0.2) is 77.7 Å². The molecular formula is C30H34N4O5S. The fraction of sp³-hybridized carbons (Fsp3) is 0.300. The Morgan fingerprint density at radius 3 is 2.30 bits per heavy atom. The molecule has 1 aliphatic heterocycles. The van der Waals surface area contributed by atoms with Crippen LogP contribution >= 0.6 is 0 Å². The minimum absolute atomic E-state index is 0.00621. The van der Waals surface area contributed by atoms with E-state index in [1.807, 2.05) is 48.5 Å². The van der Waals surface area contributed by atoms with Crippen LogP contribution in [0.2, 0.25) is 0 Å². The molecule has 5 rings (SSSR count). The first kappa shape index (κ1) is 27.7. The van der Waals surface area contributed by atoms with Crippen LogP contribution in [-0.2, 0) is 36.2 Å². The quantitative estimate of drug-likeness (QED) is 0.272. The highest BCUT2D eigenvalue weighted by molar-refractivity contribution is 7.89. The lowest BCUT2D eigenvalue weighted by molar-refractivity contribution is 0.170. The normalized spacial score (nSPS) is 13.1. The van der Waals surface area contributed by atoms with E-state index in [9.17, 15) is 13.5 Å². The Morgan fingerprint density at radius 2 is 1.60 bits per heavy atom. The molecule has 0 amide bonds. The molecule has 1 aliphatic rings. The summed E-state index contributed by atoms with van der Waals surface area (Å²) in [5.41, 5.74) is 3.60. The number of nitrogens with two attached hydrogens (primary N) is 1. The van der Waals surface area contributed by atoms with Crippen molar-refractivity contribution in [3.63, 3.8) is 0 Å². The predicted octanol–water partition coefficient (Wildman–Crippen LogP) is 4.68. The van der Waals surface area contributed by atoms with Gasteiger partial charge in [0.15, 0.2) is 11.5 Å². The first-order valence-corrected chi connectivity index (χ1v) is 14.9. The summed E-state index contributed by atoms with van der Waals surface area (Å²) in [6.07, 6.45) is 1.95. The van der Waals surface area contributed by atoms with Crippen LogP contribution in [0.4, 0.5) is 0 Å². The van der Waals surface area contributed by atoms with Gasteiger partial charge in [-0.2, -0.15) is 4.98 Å². The van der Waals surface area contributed by atoms with Gasteiger partial charge in [0.05, 0.1) is 10.6 Å². The van der Waals surface area contributed by atoms with Gasteiger partial charge in [0, 0.05) is 31.7 Å². The number of primary sulfonamides is 1. The van der Waals surface area contributed by atoms with Crippen molar-refractivity contribution in [1.82, 2.24) is 14.5 Å². The molecular weight excluding hydrogens is 528 g/mol. The number of fused-ring (bicyclic) bond motifs is 1. The van der Waals surface area contributed by atoms with Crippen molar-refractivity contribution in [2.75, 3.05) is 13.2 Å². The van der Waals surface area contributed by atoms with E-state index >= 15 is 0 Å². The Hall–Kier alpha value is -3.86. The largest absolute Gasteiger partial charge is 0.492 e. The molecule has 0 unspecified atom stereocenters. The zero-order chi connectivity index (χ0) is 28.1. The number of unbranched alkanes of at least 4 members (excludes halogenated alkanes) is 1. The van der Waals surface area contributed by atoms with Gasteiger partial charge in [-0.25, -0.2) is 13.6 Å². The number of hydrogen-bond donors (Lipinski definition) is 2. The SMILES string of the molecule is CCCCn1c(-c2ccccc2)nc(O)c1CN(Cc1ccc(S(N)(=O)=O)cc1)Cc1ccc2c(c1)OCCO2. The molecule has 0 bridgehead atoms. The average molecular weight is 563 g/mol. The molecule has 9 nitrogen and oxygen atoms in total. The number of rotatable bonds is 11. The van der Waals surface area contributed by atoms with Crippen molar-refractivity contribution >= 4 is 10.0 Å². The standard InChI is InChI=1S/C30H34N4O5S/c1-2-3-15-34-26(30(35)32-29(34)24-7-5-4-6-8-24)21-33(19-22-9-12-25(13-10-22)40(31,36)37)20-23-11-14-27-28(18-23)39-17-16-38-27/h4-14,18,35H,2-3,15-17,19-21H2,1H3,(H2,31,36,37). The molecule has 0 saturated carbocycles. The monoisotopic (exact) mass is 562 g/mol. The van der Waals surface area contributed by atoms with Gasteiger partial charge < -0.3 is 19.1 Å². The lowest BCUT2D eigenvalue weighted by atomic mass is 10.1. The van der Waals surface area contributed by atoms with E-state index in [2.05, 4.69) is 21.4 Å². The molecule has 0 radical (unpaired) electrons. The number of nitrogens with zero attached hydrogens (tertiary/aromatic N) is 3. The van der Waals surface area contributed by atoms with E-state index in [-0.39, 0.29) is 10.8 Å². The van der Waals surface area contributed by atoms with Crippen molar-refractivity contribution in [1.29, 1.82) is 0 Å². The molecule has 40 heavy (non-hydrogen) atoms. The van der Waals surface area contributed by atoms with Crippen molar-refractivity contribution in [3.8, 4) is 28.8 Å². The highest BCUT2D eigenvalue weighted by Gasteiger charge is 2.22. The summed E-state index contributed by atoms with van der Waals surface area (Å²) < 4.78 is 37.1. The Kier molecular flexibility index (Phi) is 8.39. The van der Waals surface area contributed by atoms with Crippen molar-refractivity contribution in [2.45, 2.75) is 50.8 Å². The number of ether oxygens (including phenoxy) is 2. The first-order valence-electron chi connectivity index (χ1n) is 13.4. The molecule has 4 aromatic rings. The molecule has 210 valence electrons. The fourth-order valence-corrected chi connectivity index (χ4v) is 5.38. The number of aromatic nitrogens is 2. The van der Waals surface area contributed by atoms with E-state index in [4.69, 9.17) is 14.6 Å². The molecule has 0 atom stereocenters. The summed E-state index contributed by atoms with van der Waals surface area (Å²) in [5.74, 6) is 2.18. The molecule has 0 fully saturated rings. The zero-order valence-corrected chi connectivity index (χ0v) is 23.3. The maximum atomic E-state index is 11.8. The third kappa shape index (κ3) is 6.47. The fourth-order valence-electron chi connectivity index (χ4n) is 4.86. The summed E-state index contributed by atoms with van der Waals surface area (Å²) in [6.45, 7) is 5.36. The Labute approximate surface area is 234 Å². The van der Waals surface area contributed by atoms with E-state index in [0.29, 0.717) is 38.6 Å². The van der Waals surface area contributed by atoms with Gasteiger partial charge in [-0.1, -0.05) is 61.9 Å². The predicted molar refractivity (Wildman–Crippen MR) is 152 cm³/mol. The smallest absolute Gasteiger partial charge is 0.238 e. The van der Waals surface area contributed by atoms with Crippen LogP contribution in [0.5, 0.6) is 17.4 Å². The third-order valence-corrected chi connectivity index (χ3v) is 7.79. The highest BCUT2D eigenvalue weighted by Crippen LogP contribution is 2.33. The summed E-state index contributed by atoms with van der Waals surface area (Å²) >= 11 is 0. The topological polar surface area (TPSA) is 120 Å². The van der Waals surface area contributed by atoms with Crippen molar-refractivity contribution < 1.29 is 23.0 Å². The van der Waals surface area contributed by atoms with Gasteiger partial charge in [0.2, 0.25) is 15.9 Å². The first-order chi connectivity index (χ1) is 19.3. The number of aromatic hydroxyl groups is 1. The van der Waals surface area contributed by atoms with Crippen LogP contribution in [-0.4, -0.2) is 41.2 Å². The van der Waals surface area contributed by atoms with Gasteiger partial charge in [0.1, 0.15) is 19.0 Å². The summed E-state index contributed by atoms with van der Waals surface area (Å²) in [4.78, 5) is 6.82. The van der Waals surface area contributed by atoms with Gasteiger partial charge in [-0.15, -0.1) is 0 Å². The van der Waals surface area contributed by atoms with Crippen LogP contribution in [0.3, 0.4) is 0 Å². The Balaban J connectivity index is 1.49. The minimum atomic E-state index is -3.78. The van der Waals surface area contributed by atoms with Gasteiger partial charge in [-0.3, -0.25) is 4.90 Å². The Bertz CT molecular complexity index is 1550. The maximum Gasteiger partial charge on any atom is 0.238 e. The van der Waals surface area contributed by atoms with Crippen molar-refractivity contribution in [2.24, 2.45) is 5.14 Å². The summed E-state index contributed by atoms with van der Waals surface area (Å²) in [5, 5.41) is 16.4. The second kappa shape index (κ2) is 12.1. The Morgan fingerprint density at radius 1 is 0.925 bits per heavy atom. The number of hydrogen-bond acceptors (Lipinski definition) is 7. The molecule has 10 heteroatoms. The van der Waals surface area contributed by atoms with E-state index < -0.39 is 10.0 Å². The highest BCUT2D eigenvalue weighted by atomic mass is 32.2. The van der Waals surface area contributed by atoms with E-state index in [1.54, 1.807) is 12.1 Å². The van der Waals surface area contributed by atoms with Gasteiger partial charge in [-0.05, 0) is 41.8 Å². The minimum Gasteiger partial charge on any atom is -0.492 e. The van der Waals surface area contributed by atoms with Crippen LogP contribution in [0.1, 0.15) is 36.6 Å². The van der Waals surface area contributed by atoms with Crippen LogP contribution in [0, 0.1) is 0 Å². The zero-order valence-electron chi connectivity index (χ0n) is 22.5. The van der Waals surface area contributed by atoms with Crippen LogP contribution < -0.4 is 14.6 Å². The molecule has 2 heterocycles. The average Bonchev–Trinajstić information content (AvgIpc) is 3.26.